The Morgan fingerprint density at radius 3 is 2.68 bits per heavy atom. The van der Waals surface area contributed by atoms with Crippen LogP contribution in [-0.4, -0.2) is 50.0 Å². The van der Waals surface area contributed by atoms with Crippen molar-refractivity contribution in [3.63, 3.8) is 0 Å². The number of hydrogen-bond acceptors (Lipinski definition) is 4. The fraction of sp³-hybridized carbons (Fsp3) is 0.600. The molecule has 1 saturated heterocycles. The predicted octanol–water partition coefficient (Wildman–Crippen LogP) is 1.84. The molecule has 0 spiro atoms. The molecule has 0 saturated carbocycles. The van der Waals surface area contributed by atoms with Crippen molar-refractivity contribution in [2.75, 3.05) is 33.9 Å². The summed E-state index contributed by atoms with van der Waals surface area (Å²) < 4.78 is 10.5. The summed E-state index contributed by atoms with van der Waals surface area (Å²) >= 11 is 0. The summed E-state index contributed by atoms with van der Waals surface area (Å²) in [6.45, 7) is 2.64. The van der Waals surface area contributed by atoms with Crippen molar-refractivity contribution < 1.29 is 14.6 Å². The third kappa shape index (κ3) is 3.93. The molecular weight excluding hydrogens is 242 g/mol. The number of likely N-dealkylation sites (tertiary alicyclic amines) is 1. The van der Waals surface area contributed by atoms with Crippen molar-refractivity contribution in [3.8, 4) is 5.75 Å². The quantitative estimate of drug-likeness (QED) is 0.882. The average molecular weight is 265 g/mol. The number of hydrogen-bond donors (Lipinski definition) is 1. The summed E-state index contributed by atoms with van der Waals surface area (Å²) in [5, 5.41) is 10.3. The molecule has 1 atom stereocenters. The fourth-order valence-corrected chi connectivity index (χ4v) is 2.53. The molecule has 4 nitrogen and oxygen atoms in total. The molecule has 1 unspecified atom stereocenters. The van der Waals surface area contributed by atoms with Crippen LogP contribution in [-0.2, 0) is 4.74 Å². The molecule has 106 valence electrons. The number of β-amino-alcohol motifs (C(OH)–C–C–N with tert-alkyl or cyclic N) is 1. The van der Waals surface area contributed by atoms with Crippen molar-refractivity contribution in [1.29, 1.82) is 0 Å². The lowest BCUT2D eigenvalue weighted by molar-refractivity contribution is 0.0242. The maximum absolute atomic E-state index is 10.3. The van der Waals surface area contributed by atoms with E-state index in [-0.39, 0.29) is 0 Å². The van der Waals surface area contributed by atoms with Crippen LogP contribution in [0.2, 0.25) is 0 Å². The third-order valence-corrected chi connectivity index (χ3v) is 3.78. The van der Waals surface area contributed by atoms with Gasteiger partial charge in [-0.1, -0.05) is 12.1 Å². The summed E-state index contributed by atoms with van der Waals surface area (Å²) in [4.78, 5) is 2.29. The zero-order valence-electron chi connectivity index (χ0n) is 11.7. The Morgan fingerprint density at radius 1 is 1.32 bits per heavy atom. The topological polar surface area (TPSA) is 41.9 Å². The van der Waals surface area contributed by atoms with Crippen molar-refractivity contribution in [3.05, 3.63) is 29.8 Å². The number of piperidine rings is 1. The molecule has 0 aliphatic carbocycles. The second-order valence-corrected chi connectivity index (χ2v) is 5.03. The van der Waals surface area contributed by atoms with E-state index < -0.39 is 6.10 Å². The molecule has 1 aromatic rings. The summed E-state index contributed by atoms with van der Waals surface area (Å²) in [6, 6.07) is 7.64. The molecule has 4 heteroatoms. The Morgan fingerprint density at radius 2 is 2.05 bits per heavy atom. The lowest BCUT2D eigenvalue weighted by Crippen LogP contribution is -2.38. The minimum absolute atomic E-state index is 0.380. The van der Waals surface area contributed by atoms with E-state index in [9.17, 15) is 5.11 Å². The Kier molecular flexibility index (Phi) is 5.19. The Balaban J connectivity index is 1.88. The lowest BCUT2D eigenvalue weighted by atomic mass is 10.0. The Labute approximate surface area is 114 Å². The molecule has 0 bridgehead atoms. The fourth-order valence-electron chi connectivity index (χ4n) is 2.53. The summed E-state index contributed by atoms with van der Waals surface area (Å²) in [5.41, 5.74) is 0.910. The SMILES string of the molecule is COc1cccc(C(O)CN2CCC(OC)CC2)c1. The highest BCUT2D eigenvalue weighted by molar-refractivity contribution is 5.29. The van der Waals surface area contributed by atoms with E-state index in [0.717, 1.165) is 37.2 Å². The van der Waals surface area contributed by atoms with Gasteiger partial charge in [-0.25, -0.2) is 0 Å². The second kappa shape index (κ2) is 6.89. The highest BCUT2D eigenvalue weighted by atomic mass is 16.5. The molecule has 1 aliphatic heterocycles. The normalized spacial score (nSPS) is 19.3. The molecule has 19 heavy (non-hydrogen) atoms. The van der Waals surface area contributed by atoms with Gasteiger partial charge in [0.05, 0.1) is 19.3 Å². The van der Waals surface area contributed by atoms with E-state index in [1.54, 1.807) is 14.2 Å². The highest BCUT2D eigenvalue weighted by Gasteiger charge is 2.21. The third-order valence-electron chi connectivity index (χ3n) is 3.78. The number of ether oxygens (including phenoxy) is 2. The second-order valence-electron chi connectivity index (χ2n) is 5.03. The van der Waals surface area contributed by atoms with Crippen molar-refractivity contribution in [1.82, 2.24) is 4.90 Å². The van der Waals surface area contributed by atoms with Gasteiger partial charge in [-0.15, -0.1) is 0 Å². The molecule has 0 amide bonds. The number of benzene rings is 1. The molecule has 2 rings (SSSR count). The van der Waals surface area contributed by atoms with Crippen molar-refractivity contribution in [2.45, 2.75) is 25.0 Å². The van der Waals surface area contributed by atoms with Gasteiger partial charge in [0.15, 0.2) is 0 Å². The zero-order chi connectivity index (χ0) is 13.7. The smallest absolute Gasteiger partial charge is 0.119 e. The van der Waals surface area contributed by atoms with Gasteiger partial charge in [0, 0.05) is 26.7 Å². The molecule has 0 aromatic heterocycles. The minimum Gasteiger partial charge on any atom is -0.497 e. The van der Waals surface area contributed by atoms with E-state index in [1.165, 1.54) is 0 Å². The number of aliphatic hydroxyl groups is 1. The van der Waals surface area contributed by atoms with Crippen LogP contribution < -0.4 is 4.74 Å². The number of rotatable bonds is 5. The molecular formula is C15H23NO3. The van der Waals surface area contributed by atoms with Crippen molar-refractivity contribution in [2.24, 2.45) is 0 Å². The lowest BCUT2D eigenvalue weighted by Gasteiger charge is -2.32. The van der Waals surface area contributed by atoms with E-state index in [4.69, 9.17) is 9.47 Å². The van der Waals surface area contributed by atoms with Gasteiger partial charge in [0.1, 0.15) is 5.75 Å². The number of nitrogens with zero attached hydrogens (tertiary/aromatic N) is 1. The largest absolute Gasteiger partial charge is 0.497 e. The van der Waals surface area contributed by atoms with Crippen LogP contribution in [0.4, 0.5) is 0 Å². The standard InChI is InChI=1S/C15H23NO3/c1-18-13-6-8-16(9-7-13)11-15(17)12-4-3-5-14(10-12)19-2/h3-5,10,13,15,17H,6-9,11H2,1-2H3. The molecule has 1 fully saturated rings. The molecule has 1 N–H and O–H groups in total. The predicted molar refractivity (Wildman–Crippen MR) is 74.4 cm³/mol. The zero-order valence-corrected chi connectivity index (χ0v) is 11.7. The van der Waals surface area contributed by atoms with Gasteiger partial charge in [0.2, 0.25) is 0 Å². The van der Waals surface area contributed by atoms with Gasteiger partial charge in [-0.2, -0.15) is 0 Å². The van der Waals surface area contributed by atoms with Gasteiger partial charge >= 0.3 is 0 Å². The van der Waals surface area contributed by atoms with Gasteiger partial charge in [0.25, 0.3) is 0 Å². The minimum atomic E-state index is -0.464. The first-order chi connectivity index (χ1) is 9.22. The van der Waals surface area contributed by atoms with Crippen LogP contribution >= 0.6 is 0 Å². The van der Waals surface area contributed by atoms with E-state index in [0.29, 0.717) is 12.6 Å². The Hall–Kier alpha value is -1.10. The van der Waals surface area contributed by atoms with Gasteiger partial charge in [-0.05, 0) is 30.5 Å². The molecule has 1 heterocycles. The van der Waals surface area contributed by atoms with Crippen LogP contribution in [0.25, 0.3) is 0 Å². The van der Waals surface area contributed by atoms with Crippen LogP contribution in [0.15, 0.2) is 24.3 Å². The van der Waals surface area contributed by atoms with E-state index in [2.05, 4.69) is 4.90 Å². The summed E-state index contributed by atoms with van der Waals surface area (Å²) in [7, 11) is 3.41. The first kappa shape index (κ1) is 14.3. The first-order valence-corrected chi connectivity index (χ1v) is 6.80. The maximum atomic E-state index is 10.3. The van der Waals surface area contributed by atoms with Gasteiger partial charge in [-0.3, -0.25) is 0 Å². The molecule has 1 aliphatic rings. The molecule has 1 aromatic carbocycles. The summed E-state index contributed by atoms with van der Waals surface area (Å²) in [5.74, 6) is 0.787. The van der Waals surface area contributed by atoms with Crippen molar-refractivity contribution >= 4 is 0 Å². The maximum Gasteiger partial charge on any atom is 0.119 e. The number of methoxy groups -OCH3 is 2. The van der Waals surface area contributed by atoms with Crippen LogP contribution in [0, 0.1) is 0 Å². The first-order valence-electron chi connectivity index (χ1n) is 6.80. The van der Waals surface area contributed by atoms with Crippen LogP contribution in [0.3, 0.4) is 0 Å². The summed E-state index contributed by atoms with van der Waals surface area (Å²) in [6.07, 6.45) is 2.00. The van der Waals surface area contributed by atoms with E-state index in [1.807, 2.05) is 24.3 Å². The average Bonchev–Trinajstić information content (AvgIpc) is 2.48. The number of aliphatic hydroxyl groups excluding tert-OH is 1. The monoisotopic (exact) mass is 265 g/mol. The Bertz CT molecular complexity index is 389. The van der Waals surface area contributed by atoms with E-state index >= 15 is 0 Å². The highest BCUT2D eigenvalue weighted by Crippen LogP contribution is 2.21. The van der Waals surface area contributed by atoms with Crippen LogP contribution in [0.1, 0.15) is 24.5 Å². The molecule has 0 radical (unpaired) electrons. The van der Waals surface area contributed by atoms with Gasteiger partial charge < -0.3 is 19.5 Å². The van der Waals surface area contributed by atoms with Crippen LogP contribution in [0.5, 0.6) is 5.75 Å².